The third kappa shape index (κ3) is 4.73. The van der Waals surface area contributed by atoms with Crippen molar-refractivity contribution >= 4 is 28.6 Å². The van der Waals surface area contributed by atoms with Crippen molar-refractivity contribution in [2.24, 2.45) is 0 Å². The Kier molecular flexibility index (Phi) is 5.94. The molecule has 1 N–H and O–H groups in total. The van der Waals surface area contributed by atoms with Gasteiger partial charge in [-0.25, -0.2) is 9.78 Å². The minimum absolute atomic E-state index is 0.155. The van der Waals surface area contributed by atoms with E-state index in [2.05, 4.69) is 22.1 Å². The summed E-state index contributed by atoms with van der Waals surface area (Å²) in [6.07, 6.45) is 1.27. The van der Waals surface area contributed by atoms with Crippen molar-refractivity contribution in [2.75, 3.05) is 24.6 Å². The lowest BCUT2D eigenvalue weighted by Crippen LogP contribution is -2.27. The molecule has 1 aliphatic heterocycles. The summed E-state index contributed by atoms with van der Waals surface area (Å²) in [5, 5.41) is 3.26. The van der Waals surface area contributed by atoms with E-state index in [0.29, 0.717) is 24.1 Å². The summed E-state index contributed by atoms with van der Waals surface area (Å²) in [6.45, 7) is 1.38. The number of nitrogens with one attached hydrogen (secondary N) is 1. The van der Waals surface area contributed by atoms with Gasteiger partial charge in [0.05, 0.1) is 30.3 Å². The van der Waals surface area contributed by atoms with Crippen LogP contribution in [0.1, 0.15) is 12.0 Å². The second kappa shape index (κ2) is 9.13. The summed E-state index contributed by atoms with van der Waals surface area (Å²) in [5.74, 6) is 5.67. The monoisotopic (exact) mass is 416 g/mol. The predicted octanol–water partition coefficient (Wildman–Crippen LogP) is 1.91. The van der Waals surface area contributed by atoms with Crippen molar-refractivity contribution in [3.8, 4) is 11.8 Å². The largest absolute Gasteiger partial charge is 0.447 e. The molecule has 1 aromatic heterocycles. The number of benzene rings is 2. The molecule has 2 aromatic carbocycles. The topological polar surface area (TPSA) is 93.5 Å². The van der Waals surface area contributed by atoms with Gasteiger partial charge in [-0.05, 0) is 36.4 Å². The molecule has 1 fully saturated rings. The van der Waals surface area contributed by atoms with Gasteiger partial charge in [-0.15, -0.1) is 0 Å². The van der Waals surface area contributed by atoms with Crippen molar-refractivity contribution in [3.05, 3.63) is 70.8 Å². The molecule has 1 saturated heterocycles. The summed E-state index contributed by atoms with van der Waals surface area (Å²) < 4.78 is 6.36. The molecule has 8 heteroatoms. The minimum atomic E-state index is -0.344. The van der Waals surface area contributed by atoms with Crippen molar-refractivity contribution in [1.82, 2.24) is 14.9 Å². The van der Waals surface area contributed by atoms with E-state index in [0.717, 1.165) is 11.3 Å². The van der Waals surface area contributed by atoms with Gasteiger partial charge in [0.2, 0.25) is 5.91 Å². The summed E-state index contributed by atoms with van der Waals surface area (Å²) in [5.41, 5.74) is 2.01. The Bertz CT molecular complexity index is 1240. The lowest BCUT2D eigenvalue weighted by molar-refractivity contribution is -0.121. The molecule has 4 rings (SSSR count). The number of aryl methyl sites for hydroxylation is 1. The first kappa shape index (κ1) is 20.2. The van der Waals surface area contributed by atoms with Gasteiger partial charge >= 0.3 is 6.09 Å². The standard InChI is InChI=1S/C23H20N4O4/c28-21(11-13-26-16-25-20-6-2-1-5-19(20)22(26)29)24-12-3-4-17-7-9-18(10-8-17)27-14-15-31-23(27)30/h1-2,5-10,16H,11-15H2,(H,24,28). The summed E-state index contributed by atoms with van der Waals surface area (Å²) >= 11 is 0. The Labute approximate surface area is 178 Å². The Morgan fingerprint density at radius 2 is 1.94 bits per heavy atom. The molecular formula is C23H20N4O4. The molecule has 0 spiro atoms. The Hall–Kier alpha value is -4.12. The van der Waals surface area contributed by atoms with Crippen molar-refractivity contribution < 1.29 is 14.3 Å². The van der Waals surface area contributed by atoms with E-state index in [1.807, 2.05) is 30.3 Å². The maximum atomic E-state index is 12.4. The molecule has 1 aliphatic rings. The normalized spacial score (nSPS) is 12.9. The Morgan fingerprint density at radius 1 is 1.13 bits per heavy atom. The van der Waals surface area contributed by atoms with Crippen LogP contribution in [0.4, 0.5) is 10.5 Å². The molecular weight excluding hydrogens is 396 g/mol. The number of carbonyl (C=O) groups excluding carboxylic acids is 2. The highest BCUT2D eigenvalue weighted by Gasteiger charge is 2.23. The highest BCUT2D eigenvalue weighted by atomic mass is 16.6. The van der Waals surface area contributed by atoms with E-state index in [9.17, 15) is 14.4 Å². The number of nitrogens with zero attached hydrogens (tertiary/aromatic N) is 3. The first-order valence-electron chi connectivity index (χ1n) is 9.86. The number of anilines is 1. The van der Waals surface area contributed by atoms with E-state index >= 15 is 0 Å². The predicted molar refractivity (Wildman–Crippen MR) is 116 cm³/mol. The number of aromatic nitrogens is 2. The SMILES string of the molecule is O=C(CCn1cnc2ccccc2c1=O)NCC#Cc1ccc(N2CCOC2=O)cc1. The Morgan fingerprint density at radius 3 is 2.71 bits per heavy atom. The van der Waals surface area contributed by atoms with E-state index in [1.54, 1.807) is 23.1 Å². The number of hydrogen-bond donors (Lipinski definition) is 1. The molecule has 0 aliphatic carbocycles. The quantitative estimate of drug-likeness (QED) is 0.642. The number of fused-ring (bicyclic) bond motifs is 1. The number of cyclic esters (lactones) is 1. The van der Waals surface area contributed by atoms with Crippen LogP contribution in [0.3, 0.4) is 0 Å². The lowest BCUT2D eigenvalue weighted by atomic mass is 10.2. The highest BCUT2D eigenvalue weighted by Crippen LogP contribution is 2.18. The molecule has 8 nitrogen and oxygen atoms in total. The maximum absolute atomic E-state index is 12.4. The number of ether oxygens (including phenoxy) is 1. The smallest absolute Gasteiger partial charge is 0.414 e. The number of rotatable bonds is 5. The number of carbonyl (C=O) groups is 2. The minimum Gasteiger partial charge on any atom is -0.447 e. The average molecular weight is 416 g/mol. The lowest BCUT2D eigenvalue weighted by Gasteiger charge is -2.11. The van der Waals surface area contributed by atoms with Crippen LogP contribution < -0.4 is 15.8 Å². The zero-order valence-corrected chi connectivity index (χ0v) is 16.7. The van der Waals surface area contributed by atoms with Gasteiger partial charge in [-0.3, -0.25) is 19.1 Å². The van der Waals surface area contributed by atoms with Gasteiger partial charge in [0.15, 0.2) is 0 Å². The fourth-order valence-corrected chi connectivity index (χ4v) is 3.22. The summed E-state index contributed by atoms with van der Waals surface area (Å²) in [6, 6.07) is 14.4. The molecule has 3 aromatic rings. The van der Waals surface area contributed by atoms with Crippen LogP contribution >= 0.6 is 0 Å². The van der Waals surface area contributed by atoms with Crippen LogP contribution in [0.15, 0.2) is 59.7 Å². The Balaban J connectivity index is 1.26. The van der Waals surface area contributed by atoms with Crippen LogP contribution in [0.25, 0.3) is 10.9 Å². The summed E-state index contributed by atoms with van der Waals surface area (Å²) in [7, 11) is 0. The van der Waals surface area contributed by atoms with E-state index in [-0.39, 0.29) is 37.1 Å². The first-order chi connectivity index (χ1) is 15.1. The maximum Gasteiger partial charge on any atom is 0.414 e. The van der Waals surface area contributed by atoms with Crippen LogP contribution in [0.5, 0.6) is 0 Å². The molecule has 2 amide bonds. The van der Waals surface area contributed by atoms with Crippen LogP contribution in [0.2, 0.25) is 0 Å². The van der Waals surface area contributed by atoms with Gasteiger partial charge in [0, 0.05) is 24.2 Å². The second-order valence-corrected chi connectivity index (χ2v) is 6.90. The molecule has 0 unspecified atom stereocenters. The molecule has 0 atom stereocenters. The highest BCUT2D eigenvalue weighted by molar-refractivity contribution is 5.89. The zero-order valence-electron chi connectivity index (χ0n) is 16.7. The van der Waals surface area contributed by atoms with Crippen molar-refractivity contribution in [1.29, 1.82) is 0 Å². The van der Waals surface area contributed by atoms with Crippen molar-refractivity contribution in [3.63, 3.8) is 0 Å². The average Bonchev–Trinajstić information content (AvgIpc) is 3.23. The van der Waals surface area contributed by atoms with Crippen molar-refractivity contribution in [2.45, 2.75) is 13.0 Å². The van der Waals surface area contributed by atoms with Gasteiger partial charge < -0.3 is 10.1 Å². The first-order valence-corrected chi connectivity index (χ1v) is 9.86. The van der Waals surface area contributed by atoms with Gasteiger partial charge in [-0.1, -0.05) is 24.0 Å². The van der Waals surface area contributed by atoms with Gasteiger partial charge in [0.1, 0.15) is 6.61 Å². The zero-order chi connectivity index (χ0) is 21.6. The van der Waals surface area contributed by atoms with E-state index < -0.39 is 0 Å². The molecule has 0 radical (unpaired) electrons. The molecule has 0 bridgehead atoms. The number of amides is 2. The third-order valence-electron chi connectivity index (χ3n) is 4.86. The van der Waals surface area contributed by atoms with Gasteiger partial charge in [0.25, 0.3) is 5.56 Å². The second-order valence-electron chi connectivity index (χ2n) is 6.90. The summed E-state index contributed by atoms with van der Waals surface area (Å²) in [4.78, 5) is 41.9. The number of para-hydroxylation sites is 1. The third-order valence-corrected chi connectivity index (χ3v) is 4.86. The molecule has 156 valence electrons. The fourth-order valence-electron chi connectivity index (χ4n) is 3.22. The molecule has 2 heterocycles. The number of hydrogen-bond acceptors (Lipinski definition) is 5. The van der Waals surface area contributed by atoms with E-state index in [1.165, 1.54) is 10.9 Å². The molecule has 31 heavy (non-hydrogen) atoms. The van der Waals surface area contributed by atoms with Crippen LogP contribution in [0, 0.1) is 11.8 Å². The van der Waals surface area contributed by atoms with E-state index in [4.69, 9.17) is 4.74 Å². The van der Waals surface area contributed by atoms with Crippen LogP contribution in [-0.4, -0.2) is 41.2 Å². The van der Waals surface area contributed by atoms with Gasteiger partial charge in [-0.2, -0.15) is 0 Å². The fraction of sp³-hybridized carbons (Fsp3) is 0.217. The van der Waals surface area contributed by atoms with Crippen LogP contribution in [-0.2, 0) is 16.1 Å². The molecule has 0 saturated carbocycles.